The lowest BCUT2D eigenvalue weighted by Crippen LogP contribution is -2.62. The summed E-state index contributed by atoms with van der Waals surface area (Å²) in [5, 5.41) is 15.2. The molecule has 0 aliphatic carbocycles. The zero-order valence-electron chi connectivity index (χ0n) is 54.6. The lowest BCUT2D eigenvalue weighted by Gasteiger charge is -2.28. The van der Waals surface area contributed by atoms with Gasteiger partial charge in [-0.1, -0.05) is 0 Å². The largest absolute Gasteiger partial charge is 0.382 e. The third-order valence-corrected chi connectivity index (χ3v) is 16.5. The topological polar surface area (TPSA) is 807 Å². The number of hydrogen-bond donors (Lipinski definition) is 21. The van der Waals surface area contributed by atoms with E-state index in [4.69, 9.17) is 51.6 Å². The number of hydrogen-bond acceptors (Lipinski definition) is 33. The molecule has 12 rings (SSSR count). The minimum absolute atomic E-state index is 0.00118. The summed E-state index contributed by atoms with van der Waals surface area (Å²) >= 11 is 0. The molecule has 52 nitrogen and oxygen atoms in total. The summed E-state index contributed by atoms with van der Waals surface area (Å²) in [5.74, 6) is -9.75. The molecule has 552 valence electrons. The number of rotatable bonds is 29. The van der Waals surface area contributed by atoms with Crippen molar-refractivity contribution in [3.63, 3.8) is 0 Å². The molecule has 0 fully saturated rings. The number of amides is 7. The van der Waals surface area contributed by atoms with E-state index in [0.29, 0.717) is 6.42 Å². The van der Waals surface area contributed by atoms with Crippen LogP contribution in [0.15, 0.2) is 66.7 Å². The molecule has 106 heavy (non-hydrogen) atoms. The molecular weight excluding hydrogens is 1400 g/mol. The number of nitrogen functional groups attached to an aromatic ring is 6. The highest BCUT2D eigenvalue weighted by Crippen LogP contribution is 2.21. The minimum atomic E-state index is -2.06. The van der Waals surface area contributed by atoms with Crippen molar-refractivity contribution in [2.45, 2.75) is 101 Å². The van der Waals surface area contributed by atoms with Crippen molar-refractivity contribution in [2.75, 3.05) is 40.9 Å². The average molecular weight is 1470 g/mol. The molecule has 0 aliphatic heterocycles. The highest BCUT2D eigenvalue weighted by Gasteiger charge is 2.37. The van der Waals surface area contributed by atoms with Crippen molar-refractivity contribution < 1.29 is 33.6 Å². The first-order valence-corrected chi connectivity index (χ1v) is 31.4. The molecule has 0 saturated carbocycles. The van der Waals surface area contributed by atoms with Crippen LogP contribution >= 0.6 is 0 Å². The van der Waals surface area contributed by atoms with Gasteiger partial charge in [-0.15, -0.1) is 0 Å². The van der Waals surface area contributed by atoms with Gasteiger partial charge < -0.3 is 111 Å². The van der Waals surface area contributed by atoms with Crippen molar-refractivity contribution in [1.82, 2.24) is 149 Å². The van der Waals surface area contributed by atoms with E-state index in [1.807, 2.05) is 15.0 Å². The number of nitrogens with one attached hydrogen (secondary N) is 12. The Morgan fingerprint density at radius 3 is 0.943 bits per heavy atom. The number of nitrogens with zero attached hydrogens (tertiary/aromatic N) is 18. The lowest BCUT2D eigenvalue weighted by molar-refractivity contribution is -0.136. The molecule has 0 saturated heterocycles. The van der Waals surface area contributed by atoms with E-state index in [0.717, 1.165) is 39.0 Å². The third kappa shape index (κ3) is 14.8. The summed E-state index contributed by atoms with van der Waals surface area (Å²) in [6, 6.07) is -12.8. The molecule has 12 aromatic rings. The number of unbranched alkanes of at least 4 members (excludes halogenated alkanes) is 1. The molecular formula is C54H63N39O13. The number of aromatic nitrogens is 24. The molecule has 0 aliphatic rings. The van der Waals surface area contributed by atoms with Crippen LogP contribution in [-0.2, 0) is 72.8 Å². The van der Waals surface area contributed by atoms with E-state index in [1.54, 1.807) is 0 Å². The molecule has 7 amide bonds. The predicted octanol–water partition coefficient (Wildman–Crippen LogP) is -11.9. The van der Waals surface area contributed by atoms with Crippen molar-refractivity contribution >= 4 is 144 Å². The third-order valence-electron chi connectivity index (χ3n) is 16.5. The van der Waals surface area contributed by atoms with Gasteiger partial charge in [-0.2, -0.15) is 29.9 Å². The molecule has 7 atom stereocenters. The van der Waals surface area contributed by atoms with Gasteiger partial charge in [0.25, 0.3) is 16.7 Å². The van der Waals surface area contributed by atoms with Crippen LogP contribution in [0.3, 0.4) is 0 Å². The van der Waals surface area contributed by atoms with Crippen molar-refractivity contribution in [1.29, 1.82) is 0 Å². The van der Waals surface area contributed by atoms with Crippen LogP contribution in [0.5, 0.6) is 0 Å². The Balaban J connectivity index is 0.929. The summed E-state index contributed by atoms with van der Waals surface area (Å²) in [7, 11) is 0. The first-order valence-electron chi connectivity index (χ1n) is 31.4. The smallest absolute Gasteiger partial charge is 0.327 e. The van der Waals surface area contributed by atoms with Crippen LogP contribution in [0.2, 0.25) is 0 Å². The van der Waals surface area contributed by atoms with Gasteiger partial charge in [-0.05, 0) is 25.8 Å². The molecule has 0 radical (unpaired) electrons. The SMILES string of the molecule is NCCCC[C@H](NC(=O)[C@H](Cn1cnc2c(=O)[nH]c(=O)[nH]c21)NC(=O)[C@@H](Cn1cnc2c(=O)[nH]c(=O)[nH]c21)NC(=O)[C@H](Cn1cnc2c(N)nc(N)nc21)NC(=O)[C@@H](Cn1cnc2c(=O)[nH]c(=O)[nH]c21)NC(=O)[C@H](Cn1cnc2c(N)nc(N)nc21)NC(=O)[C@H](N)Cn1cnc2c(N)nc(N)nc21)C(N)=O. The fraction of sp³-hybridized carbons (Fsp3) is 0.315. The Bertz CT molecular complexity index is 5880. The van der Waals surface area contributed by atoms with Crippen LogP contribution in [0, 0.1) is 0 Å². The van der Waals surface area contributed by atoms with E-state index in [2.05, 4.69) is 107 Å². The maximum atomic E-state index is 15.7. The number of nitrogens with two attached hydrogens (primary N) is 9. The first-order chi connectivity index (χ1) is 50.6. The van der Waals surface area contributed by atoms with Crippen molar-refractivity contribution in [3.05, 3.63) is 100 Å². The van der Waals surface area contributed by atoms with Gasteiger partial charge in [0.2, 0.25) is 59.2 Å². The number of fused-ring (bicyclic) bond motifs is 6. The van der Waals surface area contributed by atoms with E-state index in [9.17, 15) is 43.2 Å². The summed E-state index contributed by atoms with van der Waals surface area (Å²) in [4.78, 5) is 244. The van der Waals surface area contributed by atoms with Crippen LogP contribution < -0.4 is 117 Å². The molecule has 0 bridgehead atoms. The average Bonchev–Trinajstić information content (AvgIpc) is 1.64. The predicted molar refractivity (Wildman–Crippen MR) is 367 cm³/mol. The zero-order valence-corrected chi connectivity index (χ0v) is 54.6. The molecule has 30 N–H and O–H groups in total. The number of imidazole rings is 6. The van der Waals surface area contributed by atoms with Crippen LogP contribution in [0.25, 0.3) is 67.0 Å². The summed E-state index contributed by atoms with van der Waals surface area (Å²) in [6.45, 7) is -3.87. The fourth-order valence-corrected chi connectivity index (χ4v) is 11.4. The Morgan fingerprint density at radius 2 is 0.632 bits per heavy atom. The summed E-state index contributed by atoms with van der Waals surface area (Å²) in [5.41, 5.74) is 46.2. The summed E-state index contributed by atoms with van der Waals surface area (Å²) in [6.07, 6.45) is 7.21. The van der Waals surface area contributed by atoms with Gasteiger partial charge in [0.1, 0.15) is 75.8 Å². The first kappa shape index (κ1) is 71.0. The molecule has 0 aromatic carbocycles. The van der Waals surface area contributed by atoms with Gasteiger partial charge in [0.05, 0.1) is 70.7 Å². The number of H-pyrrole nitrogens is 6. The number of aromatic amines is 6. The second-order valence-corrected chi connectivity index (χ2v) is 23.8. The van der Waals surface area contributed by atoms with Gasteiger partial charge in [-0.25, -0.2) is 44.3 Å². The van der Waals surface area contributed by atoms with E-state index < -0.39 is 156 Å². The van der Waals surface area contributed by atoms with Gasteiger partial charge in [-0.3, -0.25) is 77.8 Å². The Labute approximate surface area is 583 Å². The standard InChI is InChI=1S/C54H63N39O13/c55-4-2-1-3-18(33(60)94)70-41(96)20(8-91-14-67-27-37(91)82-52(104)85-46(27)101)72-44(99)23(10-93-16-69-29-39(93)84-54(106)87-48(29)103)75-43(98)21(7-90-13-66-26-32(59)78-51(63)81-36(26)90)74-45(100)22(9-92-15-68-28-38(92)83-53(105)86-47(28)102)73-42(97)19(6-89-12-65-25-31(58)77-50(62)80-35(25)89)71-40(95)17(56)5-88-11-64-24-30(57)76-49(61)79-34(24)88/h11-23H,1-10,55-56H2,(H2,60,94)(H,70,96)(H,71,95)(H,72,99)(H,73,97)(H,74,100)(H,75,98)(H4,57,61,76,79)(H4,58,62,77,80)(H4,59,63,78,81)(H2,82,85,101,104)(H2,83,86,102,105)(H2,84,87,103,106)/t17-,18+,19+,20+,21+,22-,23-/m1/s1. The van der Waals surface area contributed by atoms with Crippen LogP contribution in [0.1, 0.15) is 19.3 Å². The number of primary amides is 1. The second kappa shape index (κ2) is 29.0. The Morgan fingerprint density at radius 1 is 0.358 bits per heavy atom. The highest BCUT2D eigenvalue weighted by atomic mass is 16.2. The number of carbonyl (C=O) groups excluding carboxylic acids is 7. The Hall–Kier alpha value is -14.9. The fourth-order valence-electron chi connectivity index (χ4n) is 11.4. The Kier molecular flexibility index (Phi) is 19.4. The quantitative estimate of drug-likeness (QED) is 0.0194. The van der Waals surface area contributed by atoms with Crippen LogP contribution in [0.4, 0.5) is 35.3 Å². The van der Waals surface area contributed by atoms with E-state index in [1.165, 1.54) is 26.4 Å². The number of carbonyl (C=O) groups is 7. The lowest BCUT2D eigenvalue weighted by atomic mass is 10.1. The van der Waals surface area contributed by atoms with Gasteiger partial charge in [0.15, 0.2) is 50.9 Å². The van der Waals surface area contributed by atoms with Gasteiger partial charge in [0, 0.05) is 6.54 Å². The van der Waals surface area contributed by atoms with Crippen molar-refractivity contribution in [3.8, 4) is 0 Å². The molecule has 0 unspecified atom stereocenters. The second-order valence-electron chi connectivity index (χ2n) is 23.8. The molecule has 12 aromatic heterocycles. The molecule has 0 spiro atoms. The zero-order chi connectivity index (χ0) is 75.7. The molecule has 12 heterocycles. The monoisotopic (exact) mass is 1470 g/mol. The minimum Gasteiger partial charge on any atom is -0.382 e. The highest BCUT2D eigenvalue weighted by molar-refractivity contribution is 5.98. The summed E-state index contributed by atoms with van der Waals surface area (Å²) < 4.78 is 6.96. The van der Waals surface area contributed by atoms with Crippen LogP contribution in [-0.4, -0.2) is 207 Å². The maximum Gasteiger partial charge on any atom is 0.327 e. The maximum absolute atomic E-state index is 15.7. The normalized spacial score (nSPS) is 13.7. The van der Waals surface area contributed by atoms with E-state index >= 15 is 19.2 Å². The van der Waals surface area contributed by atoms with E-state index in [-0.39, 0.29) is 122 Å². The van der Waals surface area contributed by atoms with Gasteiger partial charge >= 0.3 is 17.1 Å². The molecule has 52 heteroatoms. The number of anilines is 6. The van der Waals surface area contributed by atoms with Crippen molar-refractivity contribution in [2.24, 2.45) is 17.2 Å².